The van der Waals surface area contributed by atoms with Gasteiger partial charge < -0.3 is 10.0 Å². The highest BCUT2D eigenvalue weighted by Crippen LogP contribution is 2.37. The maximum atomic E-state index is 14.5. The average molecular weight is 351 g/mol. The minimum atomic E-state index is -0.336. The van der Waals surface area contributed by atoms with E-state index in [0.29, 0.717) is 5.52 Å². The minimum Gasteiger partial charge on any atom is -0.396 e. The van der Waals surface area contributed by atoms with Crippen LogP contribution in [-0.4, -0.2) is 34.8 Å². The standard InChI is InChI=1S/C21H22FN3O/c1-14-5-2-3-7-16(14)17-8-9-18(22)20-19(17)21(24-13-23-20)25-10-4-6-15(11-25)12-26/h2-3,5,7-9,13,15,26H,4,6,10-12H2,1H3. The topological polar surface area (TPSA) is 49.2 Å². The van der Waals surface area contributed by atoms with Gasteiger partial charge in [0, 0.05) is 19.7 Å². The summed E-state index contributed by atoms with van der Waals surface area (Å²) in [5.74, 6) is 0.645. The van der Waals surface area contributed by atoms with Gasteiger partial charge >= 0.3 is 0 Å². The lowest BCUT2D eigenvalue weighted by atomic mass is 9.95. The second-order valence-electron chi connectivity index (χ2n) is 6.97. The van der Waals surface area contributed by atoms with Gasteiger partial charge in [-0.15, -0.1) is 0 Å². The molecule has 1 fully saturated rings. The Morgan fingerprint density at radius 1 is 1.15 bits per heavy atom. The number of aliphatic hydroxyl groups is 1. The van der Waals surface area contributed by atoms with Gasteiger partial charge in [0.25, 0.3) is 0 Å². The number of rotatable bonds is 3. The number of nitrogens with zero attached hydrogens (tertiary/aromatic N) is 3. The third kappa shape index (κ3) is 2.92. The molecule has 0 bridgehead atoms. The molecule has 1 aliphatic heterocycles. The van der Waals surface area contributed by atoms with Gasteiger partial charge in [0.15, 0.2) is 0 Å². The maximum Gasteiger partial charge on any atom is 0.149 e. The van der Waals surface area contributed by atoms with Crippen molar-refractivity contribution in [1.29, 1.82) is 0 Å². The van der Waals surface area contributed by atoms with Crippen LogP contribution in [0.3, 0.4) is 0 Å². The van der Waals surface area contributed by atoms with E-state index in [4.69, 9.17) is 0 Å². The van der Waals surface area contributed by atoms with Crippen LogP contribution in [-0.2, 0) is 0 Å². The Balaban J connectivity index is 1.94. The van der Waals surface area contributed by atoms with Gasteiger partial charge in [-0.05, 0) is 48.4 Å². The molecular formula is C21H22FN3O. The molecule has 0 spiro atoms. The Morgan fingerprint density at radius 2 is 2.00 bits per heavy atom. The van der Waals surface area contributed by atoms with E-state index in [1.807, 2.05) is 24.3 Å². The van der Waals surface area contributed by atoms with Gasteiger partial charge in [-0.2, -0.15) is 0 Å². The second kappa shape index (κ2) is 7.00. The van der Waals surface area contributed by atoms with Crippen LogP contribution in [0.15, 0.2) is 42.7 Å². The zero-order valence-electron chi connectivity index (χ0n) is 14.8. The molecule has 0 radical (unpaired) electrons. The highest BCUT2D eigenvalue weighted by Gasteiger charge is 2.24. The number of halogens is 1. The molecule has 0 aliphatic carbocycles. The molecule has 1 aromatic heterocycles. The van der Waals surface area contributed by atoms with Crippen molar-refractivity contribution in [2.75, 3.05) is 24.6 Å². The molecule has 1 N–H and O–H groups in total. The van der Waals surface area contributed by atoms with Crippen molar-refractivity contribution >= 4 is 16.7 Å². The van der Waals surface area contributed by atoms with Gasteiger partial charge in [-0.3, -0.25) is 0 Å². The van der Waals surface area contributed by atoms with E-state index < -0.39 is 0 Å². The molecular weight excluding hydrogens is 329 g/mol. The predicted molar refractivity (Wildman–Crippen MR) is 102 cm³/mol. The van der Waals surface area contributed by atoms with Gasteiger partial charge in [0.1, 0.15) is 23.5 Å². The first-order chi connectivity index (χ1) is 12.7. The number of aromatic nitrogens is 2. The van der Waals surface area contributed by atoms with E-state index in [2.05, 4.69) is 27.9 Å². The average Bonchev–Trinajstić information content (AvgIpc) is 2.69. The van der Waals surface area contributed by atoms with Crippen LogP contribution in [0.25, 0.3) is 22.0 Å². The van der Waals surface area contributed by atoms with Crippen molar-refractivity contribution in [1.82, 2.24) is 9.97 Å². The van der Waals surface area contributed by atoms with Crippen LogP contribution in [0.5, 0.6) is 0 Å². The number of anilines is 1. The van der Waals surface area contributed by atoms with Gasteiger partial charge in [-0.25, -0.2) is 14.4 Å². The Kier molecular flexibility index (Phi) is 4.55. The summed E-state index contributed by atoms with van der Waals surface area (Å²) in [6, 6.07) is 11.4. The third-order valence-corrected chi connectivity index (χ3v) is 5.23. The first-order valence-corrected chi connectivity index (χ1v) is 9.04. The van der Waals surface area contributed by atoms with Crippen LogP contribution in [0.4, 0.5) is 10.2 Å². The van der Waals surface area contributed by atoms with Crippen molar-refractivity contribution in [3.8, 4) is 11.1 Å². The van der Waals surface area contributed by atoms with Crippen LogP contribution >= 0.6 is 0 Å². The summed E-state index contributed by atoms with van der Waals surface area (Å²) >= 11 is 0. The number of hydrogen-bond donors (Lipinski definition) is 1. The van der Waals surface area contributed by atoms with Gasteiger partial charge in [0.05, 0.1) is 5.39 Å². The van der Waals surface area contributed by atoms with Crippen molar-refractivity contribution in [3.05, 3.63) is 54.1 Å². The predicted octanol–water partition coefficient (Wildman–Crippen LogP) is 3.95. The van der Waals surface area contributed by atoms with Crippen LogP contribution in [0.2, 0.25) is 0 Å². The molecule has 134 valence electrons. The SMILES string of the molecule is Cc1ccccc1-c1ccc(F)c2ncnc(N3CCCC(CO)C3)c12. The number of piperidine rings is 1. The number of aliphatic hydroxyl groups excluding tert-OH is 1. The highest BCUT2D eigenvalue weighted by atomic mass is 19.1. The van der Waals surface area contributed by atoms with Crippen LogP contribution < -0.4 is 4.90 Å². The monoisotopic (exact) mass is 351 g/mol. The largest absolute Gasteiger partial charge is 0.396 e. The summed E-state index contributed by atoms with van der Waals surface area (Å²) in [5, 5.41) is 10.3. The van der Waals surface area contributed by atoms with Gasteiger partial charge in [0.2, 0.25) is 0 Å². The maximum absolute atomic E-state index is 14.5. The Hall–Kier alpha value is -2.53. The fourth-order valence-corrected chi connectivity index (χ4v) is 3.87. The van der Waals surface area contributed by atoms with E-state index in [9.17, 15) is 9.50 Å². The Morgan fingerprint density at radius 3 is 2.81 bits per heavy atom. The summed E-state index contributed by atoms with van der Waals surface area (Å²) in [6.07, 6.45) is 3.44. The summed E-state index contributed by atoms with van der Waals surface area (Å²) < 4.78 is 14.5. The van der Waals surface area contributed by atoms with E-state index in [1.54, 1.807) is 0 Å². The summed E-state index contributed by atoms with van der Waals surface area (Å²) in [5.41, 5.74) is 3.48. The zero-order chi connectivity index (χ0) is 18.1. The smallest absolute Gasteiger partial charge is 0.149 e. The number of aryl methyl sites for hydroxylation is 1. The summed E-state index contributed by atoms with van der Waals surface area (Å²) in [4.78, 5) is 10.9. The molecule has 4 nitrogen and oxygen atoms in total. The fourth-order valence-electron chi connectivity index (χ4n) is 3.87. The molecule has 4 rings (SSSR count). The van der Waals surface area contributed by atoms with Gasteiger partial charge in [-0.1, -0.05) is 30.3 Å². The molecule has 26 heavy (non-hydrogen) atoms. The van der Waals surface area contributed by atoms with E-state index in [1.165, 1.54) is 12.4 Å². The lowest BCUT2D eigenvalue weighted by molar-refractivity contribution is 0.208. The Bertz CT molecular complexity index is 944. The highest BCUT2D eigenvalue weighted by molar-refractivity contribution is 6.02. The molecule has 2 heterocycles. The number of fused-ring (bicyclic) bond motifs is 1. The third-order valence-electron chi connectivity index (χ3n) is 5.23. The fraction of sp³-hybridized carbons (Fsp3) is 0.333. The summed E-state index contributed by atoms with van der Waals surface area (Å²) in [6.45, 7) is 3.80. The van der Waals surface area contributed by atoms with Crippen LogP contribution in [0.1, 0.15) is 18.4 Å². The first kappa shape index (κ1) is 16.9. The molecule has 1 unspecified atom stereocenters. The normalized spacial score (nSPS) is 17.7. The number of benzene rings is 2. The first-order valence-electron chi connectivity index (χ1n) is 9.04. The molecule has 1 saturated heterocycles. The van der Waals surface area contributed by atoms with Crippen molar-refractivity contribution in [2.24, 2.45) is 5.92 Å². The second-order valence-corrected chi connectivity index (χ2v) is 6.97. The van der Waals surface area contributed by atoms with Crippen molar-refractivity contribution in [2.45, 2.75) is 19.8 Å². The lowest BCUT2D eigenvalue weighted by Gasteiger charge is -2.33. The molecule has 1 aliphatic rings. The van der Waals surface area contributed by atoms with E-state index in [-0.39, 0.29) is 18.3 Å². The number of hydrogen-bond acceptors (Lipinski definition) is 4. The minimum absolute atomic E-state index is 0.165. The van der Waals surface area contributed by atoms with Crippen molar-refractivity contribution in [3.63, 3.8) is 0 Å². The quantitative estimate of drug-likeness (QED) is 0.776. The zero-order valence-corrected chi connectivity index (χ0v) is 14.8. The Labute approximate surface area is 152 Å². The molecule has 0 amide bonds. The molecule has 2 aromatic carbocycles. The molecule has 0 saturated carbocycles. The van der Waals surface area contributed by atoms with E-state index in [0.717, 1.165) is 53.8 Å². The molecule has 5 heteroatoms. The van der Waals surface area contributed by atoms with Crippen molar-refractivity contribution < 1.29 is 9.50 Å². The lowest BCUT2D eigenvalue weighted by Crippen LogP contribution is -2.37. The van der Waals surface area contributed by atoms with Crippen LogP contribution in [0, 0.1) is 18.7 Å². The molecule has 1 atom stereocenters. The summed E-state index contributed by atoms with van der Waals surface area (Å²) in [7, 11) is 0. The van der Waals surface area contributed by atoms with E-state index >= 15 is 0 Å². The molecule has 3 aromatic rings.